The van der Waals surface area contributed by atoms with Crippen molar-refractivity contribution in [2.75, 3.05) is 13.1 Å². The van der Waals surface area contributed by atoms with Crippen molar-refractivity contribution in [3.63, 3.8) is 0 Å². The number of benzene rings is 1. The van der Waals surface area contributed by atoms with Crippen LogP contribution in [0.1, 0.15) is 55.1 Å². The SMILES string of the molecule is [B]N1CCC(c2cc(Cl)c(C)cc2C(C)(C)c2ncnn2C)CC1. The van der Waals surface area contributed by atoms with E-state index in [9.17, 15) is 0 Å². The summed E-state index contributed by atoms with van der Waals surface area (Å²) in [5.41, 5.74) is 3.47. The highest BCUT2D eigenvalue weighted by atomic mass is 35.5. The maximum absolute atomic E-state index is 6.47. The monoisotopic (exact) mass is 342 g/mol. The van der Waals surface area contributed by atoms with Gasteiger partial charge in [-0.2, -0.15) is 5.10 Å². The molecule has 6 heteroatoms. The minimum atomic E-state index is -0.240. The Labute approximate surface area is 150 Å². The molecule has 2 aromatic rings. The molecule has 126 valence electrons. The van der Waals surface area contributed by atoms with E-state index in [0.717, 1.165) is 42.3 Å². The van der Waals surface area contributed by atoms with Crippen molar-refractivity contribution in [1.82, 2.24) is 19.6 Å². The number of aromatic nitrogens is 3. The second-order valence-corrected chi connectivity index (χ2v) is 7.74. The van der Waals surface area contributed by atoms with Crippen molar-refractivity contribution in [3.8, 4) is 0 Å². The zero-order valence-corrected chi connectivity index (χ0v) is 15.6. The second-order valence-electron chi connectivity index (χ2n) is 7.33. The van der Waals surface area contributed by atoms with Crippen LogP contribution < -0.4 is 0 Å². The topological polar surface area (TPSA) is 34.0 Å². The summed E-state index contributed by atoms with van der Waals surface area (Å²) in [5, 5.41) is 5.09. The van der Waals surface area contributed by atoms with Crippen molar-refractivity contribution in [3.05, 3.63) is 46.0 Å². The number of nitrogens with zero attached hydrogens (tertiary/aromatic N) is 4. The number of aryl methyl sites for hydroxylation is 2. The molecule has 0 bridgehead atoms. The standard InChI is InChI=1S/C18H24BClN4/c1-12-9-15(18(2,3)17-21-11-22-23(17)4)14(10-16(12)20)13-5-7-24(19)8-6-13/h9-11,13H,5-8H2,1-4H3. The number of halogens is 1. The van der Waals surface area contributed by atoms with Gasteiger partial charge in [0.2, 0.25) is 0 Å². The first-order valence-electron chi connectivity index (χ1n) is 8.45. The number of hydrogen-bond acceptors (Lipinski definition) is 3. The summed E-state index contributed by atoms with van der Waals surface area (Å²) < 4.78 is 1.86. The maximum atomic E-state index is 6.47. The lowest BCUT2D eigenvalue weighted by Gasteiger charge is -2.34. The molecule has 0 spiro atoms. The van der Waals surface area contributed by atoms with E-state index < -0.39 is 0 Å². The van der Waals surface area contributed by atoms with Gasteiger partial charge in [0.15, 0.2) is 7.98 Å². The highest BCUT2D eigenvalue weighted by Gasteiger charge is 2.33. The molecule has 0 unspecified atom stereocenters. The van der Waals surface area contributed by atoms with E-state index in [1.165, 1.54) is 11.1 Å². The molecular formula is C18H24BClN4. The van der Waals surface area contributed by atoms with Gasteiger partial charge >= 0.3 is 0 Å². The predicted molar refractivity (Wildman–Crippen MR) is 98.6 cm³/mol. The van der Waals surface area contributed by atoms with Crippen molar-refractivity contribution in [2.45, 2.75) is 44.9 Å². The number of piperidine rings is 1. The average Bonchev–Trinajstić information content (AvgIpc) is 2.97. The van der Waals surface area contributed by atoms with Crippen LogP contribution in [0.5, 0.6) is 0 Å². The molecule has 2 heterocycles. The molecule has 4 nitrogen and oxygen atoms in total. The first-order chi connectivity index (χ1) is 11.3. The fraction of sp³-hybridized carbons (Fsp3) is 0.556. The van der Waals surface area contributed by atoms with Crippen molar-refractivity contribution >= 4 is 19.6 Å². The molecule has 1 aromatic carbocycles. The normalized spacial score (nSPS) is 17.4. The summed E-state index contributed by atoms with van der Waals surface area (Å²) >= 11 is 6.47. The van der Waals surface area contributed by atoms with E-state index in [0.29, 0.717) is 5.92 Å². The lowest BCUT2D eigenvalue weighted by atomic mass is 9.75. The van der Waals surface area contributed by atoms with E-state index >= 15 is 0 Å². The molecule has 24 heavy (non-hydrogen) atoms. The third kappa shape index (κ3) is 3.12. The molecule has 1 aromatic heterocycles. The van der Waals surface area contributed by atoms with Crippen LogP contribution in [0.2, 0.25) is 5.02 Å². The molecule has 1 saturated heterocycles. The van der Waals surface area contributed by atoms with Crippen molar-refractivity contribution < 1.29 is 0 Å². The fourth-order valence-corrected chi connectivity index (χ4v) is 3.94. The van der Waals surface area contributed by atoms with Gasteiger partial charge in [-0.05, 0) is 75.4 Å². The summed E-state index contributed by atoms with van der Waals surface area (Å²) in [6.45, 7) is 8.31. The number of hydrogen-bond donors (Lipinski definition) is 0. The van der Waals surface area contributed by atoms with E-state index in [2.05, 4.69) is 43.0 Å². The summed E-state index contributed by atoms with van der Waals surface area (Å²) in [5.74, 6) is 1.44. The van der Waals surface area contributed by atoms with Gasteiger partial charge in [0.25, 0.3) is 0 Å². The average molecular weight is 343 g/mol. The van der Waals surface area contributed by atoms with Gasteiger partial charge < -0.3 is 4.81 Å². The summed E-state index contributed by atoms with van der Waals surface area (Å²) in [7, 11) is 7.88. The zero-order valence-electron chi connectivity index (χ0n) is 14.9. The Morgan fingerprint density at radius 3 is 2.50 bits per heavy atom. The first kappa shape index (κ1) is 17.5. The summed E-state index contributed by atoms with van der Waals surface area (Å²) in [4.78, 5) is 6.41. The first-order valence-corrected chi connectivity index (χ1v) is 8.83. The van der Waals surface area contributed by atoms with Crippen LogP contribution in [0.25, 0.3) is 0 Å². The smallest absolute Gasteiger partial charge is 0.182 e. The fourth-order valence-electron chi connectivity index (χ4n) is 3.77. The van der Waals surface area contributed by atoms with Gasteiger partial charge in [0.05, 0.1) is 0 Å². The Hall–Kier alpha value is -1.33. The zero-order chi connectivity index (χ0) is 17.5. The summed E-state index contributed by atoms with van der Waals surface area (Å²) in [6, 6.07) is 4.38. The Balaban J connectivity index is 2.09. The molecule has 0 amide bonds. The third-order valence-corrected chi connectivity index (χ3v) is 5.65. The van der Waals surface area contributed by atoms with Gasteiger partial charge in [-0.15, -0.1) is 0 Å². The minimum Gasteiger partial charge on any atom is -0.353 e. The van der Waals surface area contributed by atoms with E-state index in [4.69, 9.17) is 19.6 Å². The molecule has 0 saturated carbocycles. The highest BCUT2D eigenvalue weighted by Crippen LogP contribution is 2.40. The van der Waals surface area contributed by atoms with Crippen LogP contribution in [0, 0.1) is 6.92 Å². The Morgan fingerprint density at radius 1 is 1.25 bits per heavy atom. The van der Waals surface area contributed by atoms with Crippen molar-refractivity contribution in [2.24, 2.45) is 7.05 Å². The van der Waals surface area contributed by atoms with Gasteiger partial charge in [0, 0.05) is 17.5 Å². The molecule has 2 radical (unpaired) electrons. The van der Waals surface area contributed by atoms with Crippen LogP contribution in [0.3, 0.4) is 0 Å². The molecule has 0 N–H and O–H groups in total. The second kappa shape index (κ2) is 6.53. The van der Waals surface area contributed by atoms with Gasteiger partial charge in [-0.3, -0.25) is 4.68 Å². The van der Waals surface area contributed by atoms with E-state index in [1.807, 2.05) is 16.5 Å². The Kier molecular flexibility index (Phi) is 4.76. The van der Waals surface area contributed by atoms with Crippen LogP contribution in [0.15, 0.2) is 18.5 Å². The summed E-state index contributed by atoms with van der Waals surface area (Å²) in [6.07, 6.45) is 3.72. The third-order valence-electron chi connectivity index (χ3n) is 5.24. The van der Waals surface area contributed by atoms with Gasteiger partial charge in [0.1, 0.15) is 12.2 Å². The van der Waals surface area contributed by atoms with Gasteiger partial charge in [-0.1, -0.05) is 17.7 Å². The lowest BCUT2D eigenvalue weighted by Crippen LogP contribution is -2.32. The van der Waals surface area contributed by atoms with Crippen molar-refractivity contribution in [1.29, 1.82) is 0 Å². The molecule has 0 aliphatic carbocycles. The van der Waals surface area contributed by atoms with Crippen LogP contribution in [0.4, 0.5) is 0 Å². The maximum Gasteiger partial charge on any atom is 0.182 e. The minimum absolute atomic E-state index is 0.240. The number of rotatable bonds is 3. The molecular weight excluding hydrogens is 318 g/mol. The largest absolute Gasteiger partial charge is 0.353 e. The van der Waals surface area contributed by atoms with Crippen LogP contribution in [-0.2, 0) is 12.5 Å². The van der Waals surface area contributed by atoms with E-state index in [1.54, 1.807) is 6.33 Å². The molecule has 1 aliphatic heterocycles. The molecule has 1 aliphatic rings. The Morgan fingerprint density at radius 2 is 1.92 bits per heavy atom. The Bertz CT molecular complexity index is 733. The van der Waals surface area contributed by atoms with Crippen LogP contribution >= 0.6 is 11.6 Å². The van der Waals surface area contributed by atoms with Crippen LogP contribution in [-0.4, -0.2) is 40.6 Å². The molecule has 0 atom stereocenters. The van der Waals surface area contributed by atoms with E-state index in [-0.39, 0.29) is 5.41 Å². The molecule has 3 rings (SSSR count). The lowest BCUT2D eigenvalue weighted by molar-refractivity contribution is 0.332. The van der Waals surface area contributed by atoms with Gasteiger partial charge in [-0.25, -0.2) is 4.98 Å². The predicted octanol–water partition coefficient (Wildman–Crippen LogP) is 3.37. The highest BCUT2D eigenvalue weighted by molar-refractivity contribution is 6.31. The quantitative estimate of drug-likeness (QED) is 0.802. The molecule has 1 fully saturated rings.